The summed E-state index contributed by atoms with van der Waals surface area (Å²) in [5, 5.41) is 0.687. The van der Waals surface area contributed by atoms with E-state index in [4.69, 9.17) is 4.74 Å². The molecule has 126 valence electrons. The van der Waals surface area contributed by atoms with Gasteiger partial charge in [0.25, 0.3) is 5.91 Å². The minimum absolute atomic E-state index is 0.0491. The number of carbonyl (C=O) groups is 1. The normalized spacial score (nSPS) is 13.7. The van der Waals surface area contributed by atoms with Crippen LogP contribution in [0.1, 0.15) is 15.2 Å². The summed E-state index contributed by atoms with van der Waals surface area (Å²) in [5.74, 6) is 0.765. The highest BCUT2D eigenvalue weighted by molar-refractivity contribution is 9.10. The fraction of sp³-hybridized carbons (Fsp3) is 0.176. The maximum Gasteiger partial charge on any atom is 0.266 e. The molecule has 1 aliphatic heterocycles. The van der Waals surface area contributed by atoms with Crippen molar-refractivity contribution in [1.29, 1.82) is 0 Å². The molecule has 6 nitrogen and oxygen atoms in total. The van der Waals surface area contributed by atoms with Gasteiger partial charge >= 0.3 is 0 Å². The second kappa shape index (κ2) is 6.89. The van der Waals surface area contributed by atoms with E-state index in [-0.39, 0.29) is 5.91 Å². The molecule has 0 atom stereocenters. The number of amides is 1. The molecule has 3 heterocycles. The van der Waals surface area contributed by atoms with Crippen molar-refractivity contribution >= 4 is 33.2 Å². The van der Waals surface area contributed by atoms with Crippen molar-refractivity contribution in [3.8, 4) is 16.5 Å². The van der Waals surface area contributed by atoms with Crippen LogP contribution in [0.2, 0.25) is 0 Å². The van der Waals surface area contributed by atoms with Gasteiger partial charge in [-0.3, -0.25) is 14.8 Å². The Morgan fingerprint density at radius 1 is 1.24 bits per heavy atom. The van der Waals surface area contributed by atoms with Gasteiger partial charge in [-0.05, 0) is 12.1 Å². The molecule has 0 saturated carbocycles. The lowest BCUT2D eigenvalue weighted by atomic mass is 10.2. The maximum atomic E-state index is 12.9. The second-order valence-electron chi connectivity index (χ2n) is 5.45. The van der Waals surface area contributed by atoms with Gasteiger partial charge in [-0.15, -0.1) is 11.3 Å². The van der Waals surface area contributed by atoms with Gasteiger partial charge in [0.2, 0.25) is 0 Å². The molecular weight excluding hydrogens is 404 g/mol. The Labute approximate surface area is 156 Å². The zero-order valence-corrected chi connectivity index (χ0v) is 15.5. The van der Waals surface area contributed by atoms with Crippen LogP contribution in [0, 0.1) is 0 Å². The number of halogens is 1. The largest absolute Gasteiger partial charge is 0.491 e. The summed E-state index contributed by atoms with van der Waals surface area (Å²) in [4.78, 5) is 27.8. The summed E-state index contributed by atoms with van der Waals surface area (Å²) in [6, 6.07) is 5.86. The van der Waals surface area contributed by atoms with E-state index in [1.807, 2.05) is 18.2 Å². The number of thiazole rings is 1. The number of nitrogens with zero attached hydrogens (tertiary/aromatic N) is 4. The molecule has 0 aliphatic carbocycles. The van der Waals surface area contributed by atoms with Crippen LogP contribution in [0.25, 0.3) is 10.7 Å². The molecular formula is C17H13BrN4O2S. The third-order valence-corrected chi connectivity index (χ3v) is 5.30. The summed E-state index contributed by atoms with van der Waals surface area (Å²) in [6.07, 6.45) is 6.46. The van der Waals surface area contributed by atoms with E-state index in [2.05, 4.69) is 30.9 Å². The molecule has 0 spiro atoms. The molecule has 1 aromatic carbocycles. The van der Waals surface area contributed by atoms with Crippen molar-refractivity contribution in [2.45, 2.75) is 6.54 Å². The van der Waals surface area contributed by atoms with Crippen molar-refractivity contribution < 1.29 is 9.53 Å². The summed E-state index contributed by atoms with van der Waals surface area (Å²) >= 11 is 4.77. The first-order valence-corrected chi connectivity index (χ1v) is 9.24. The van der Waals surface area contributed by atoms with Gasteiger partial charge in [-0.1, -0.05) is 22.0 Å². The van der Waals surface area contributed by atoms with Crippen LogP contribution in [0.4, 0.5) is 0 Å². The predicted octanol–water partition coefficient (Wildman–Crippen LogP) is 3.40. The fourth-order valence-electron chi connectivity index (χ4n) is 2.57. The molecule has 1 amide bonds. The highest BCUT2D eigenvalue weighted by atomic mass is 79.9. The predicted molar refractivity (Wildman–Crippen MR) is 97.5 cm³/mol. The number of rotatable bonds is 2. The van der Waals surface area contributed by atoms with Gasteiger partial charge in [-0.2, -0.15) is 0 Å². The molecule has 8 heteroatoms. The average molecular weight is 417 g/mol. The van der Waals surface area contributed by atoms with Crippen LogP contribution in [-0.4, -0.2) is 38.9 Å². The molecule has 0 saturated heterocycles. The minimum Gasteiger partial charge on any atom is -0.491 e. The van der Waals surface area contributed by atoms with Gasteiger partial charge < -0.3 is 9.64 Å². The molecule has 2 aromatic heterocycles. The number of benzene rings is 1. The van der Waals surface area contributed by atoms with Crippen molar-refractivity contribution in [3.05, 3.63) is 57.9 Å². The van der Waals surface area contributed by atoms with Crippen molar-refractivity contribution in [1.82, 2.24) is 19.9 Å². The second-order valence-corrected chi connectivity index (χ2v) is 7.39. The summed E-state index contributed by atoms with van der Waals surface area (Å²) < 4.78 is 6.73. The Bertz CT molecular complexity index is 916. The van der Waals surface area contributed by atoms with Gasteiger partial charge in [0.15, 0.2) is 0 Å². The Balaban J connectivity index is 1.57. The number of fused-ring (bicyclic) bond motifs is 1. The Morgan fingerprint density at radius 3 is 3.00 bits per heavy atom. The molecule has 0 N–H and O–H groups in total. The van der Waals surface area contributed by atoms with Gasteiger partial charge in [-0.25, -0.2) is 4.98 Å². The van der Waals surface area contributed by atoms with E-state index in [9.17, 15) is 4.79 Å². The molecule has 0 bridgehead atoms. The first-order valence-electron chi connectivity index (χ1n) is 7.63. The lowest BCUT2D eigenvalue weighted by Gasteiger charge is -2.18. The van der Waals surface area contributed by atoms with Crippen LogP contribution in [-0.2, 0) is 6.54 Å². The number of hydrogen-bond donors (Lipinski definition) is 0. The third-order valence-electron chi connectivity index (χ3n) is 3.80. The molecule has 25 heavy (non-hydrogen) atoms. The number of hydrogen-bond acceptors (Lipinski definition) is 6. The lowest BCUT2D eigenvalue weighted by Crippen LogP contribution is -2.31. The van der Waals surface area contributed by atoms with E-state index in [0.717, 1.165) is 15.8 Å². The van der Waals surface area contributed by atoms with Crippen LogP contribution >= 0.6 is 27.3 Å². The molecule has 4 rings (SSSR count). The number of aromatic nitrogens is 3. The number of ether oxygens (including phenoxy) is 1. The van der Waals surface area contributed by atoms with Crippen LogP contribution in [0.5, 0.6) is 5.75 Å². The molecule has 1 aliphatic rings. The van der Waals surface area contributed by atoms with Gasteiger partial charge in [0, 0.05) is 29.0 Å². The summed E-state index contributed by atoms with van der Waals surface area (Å²) in [7, 11) is 0. The first-order chi connectivity index (χ1) is 12.2. The van der Waals surface area contributed by atoms with Gasteiger partial charge in [0.1, 0.15) is 27.9 Å². The summed E-state index contributed by atoms with van der Waals surface area (Å²) in [5.41, 5.74) is 1.66. The van der Waals surface area contributed by atoms with Crippen molar-refractivity contribution in [2.24, 2.45) is 0 Å². The molecule has 0 radical (unpaired) electrons. The highest BCUT2D eigenvalue weighted by Crippen LogP contribution is 2.29. The zero-order chi connectivity index (χ0) is 17.2. The van der Waals surface area contributed by atoms with E-state index in [1.165, 1.54) is 11.3 Å². The van der Waals surface area contributed by atoms with Crippen LogP contribution < -0.4 is 4.74 Å². The minimum atomic E-state index is -0.0491. The fourth-order valence-corrected chi connectivity index (χ4v) is 3.76. The van der Waals surface area contributed by atoms with Gasteiger partial charge in [0.05, 0.1) is 18.9 Å². The van der Waals surface area contributed by atoms with Crippen molar-refractivity contribution in [3.63, 3.8) is 0 Å². The first kappa shape index (κ1) is 16.2. The van der Waals surface area contributed by atoms with Crippen LogP contribution in [0.15, 0.2) is 47.5 Å². The zero-order valence-electron chi connectivity index (χ0n) is 13.1. The van der Waals surface area contributed by atoms with Crippen LogP contribution in [0.3, 0.4) is 0 Å². The average Bonchev–Trinajstić information content (AvgIpc) is 3.03. The highest BCUT2D eigenvalue weighted by Gasteiger charge is 2.23. The standard InChI is InChI=1S/C17H13BrN4O2S/c18-12-2-1-11-10-22(5-6-24-14(11)7-12)17(23)15-9-21-16(25-15)13-8-19-3-4-20-13/h1-4,7-9H,5-6,10H2. The Kier molecular flexibility index (Phi) is 4.46. The lowest BCUT2D eigenvalue weighted by molar-refractivity contribution is 0.0738. The van der Waals surface area contributed by atoms with E-state index < -0.39 is 0 Å². The van der Waals surface area contributed by atoms with E-state index >= 15 is 0 Å². The topological polar surface area (TPSA) is 68.2 Å². The third kappa shape index (κ3) is 3.40. The molecule has 0 unspecified atom stereocenters. The summed E-state index contributed by atoms with van der Waals surface area (Å²) in [6.45, 7) is 1.51. The smallest absolute Gasteiger partial charge is 0.266 e. The maximum absolute atomic E-state index is 12.9. The molecule has 0 fully saturated rings. The quantitative estimate of drug-likeness (QED) is 0.640. The molecule has 3 aromatic rings. The van der Waals surface area contributed by atoms with E-state index in [0.29, 0.717) is 35.3 Å². The monoisotopic (exact) mass is 416 g/mol. The SMILES string of the molecule is O=C(c1cnc(-c2cnccn2)s1)N1CCOc2cc(Br)ccc2C1. The van der Waals surface area contributed by atoms with E-state index in [1.54, 1.807) is 29.7 Å². The Morgan fingerprint density at radius 2 is 2.16 bits per heavy atom. The Hall–Kier alpha value is -2.32. The van der Waals surface area contributed by atoms with Crippen molar-refractivity contribution in [2.75, 3.05) is 13.2 Å². The number of carbonyl (C=O) groups excluding carboxylic acids is 1.